The van der Waals surface area contributed by atoms with Gasteiger partial charge in [0.05, 0.1) is 0 Å². The maximum atomic E-state index is 11.6. The molecular weight excluding hydrogens is 234 g/mol. The Morgan fingerprint density at radius 2 is 2.33 bits per heavy atom. The Bertz CT molecular complexity index is 463. The van der Waals surface area contributed by atoms with Gasteiger partial charge < -0.3 is 10.6 Å². The van der Waals surface area contributed by atoms with Gasteiger partial charge in [-0.3, -0.25) is 14.9 Å². The van der Waals surface area contributed by atoms with E-state index in [9.17, 15) is 9.59 Å². The van der Waals surface area contributed by atoms with Crippen LogP contribution in [0.15, 0.2) is 12.3 Å². The highest BCUT2D eigenvalue weighted by Gasteiger charge is 2.26. The monoisotopic (exact) mass is 249 g/mol. The predicted octanol–water partition coefficient (Wildman–Crippen LogP) is 0.125. The number of imide groups is 1. The average molecular weight is 249 g/mol. The lowest BCUT2D eigenvalue weighted by atomic mass is 10.1. The lowest BCUT2D eigenvalue weighted by molar-refractivity contribution is -0.133. The quantitative estimate of drug-likeness (QED) is 0.656. The minimum absolute atomic E-state index is 0.228. The smallest absolute Gasteiger partial charge is 0.249 e. The van der Waals surface area contributed by atoms with Crippen LogP contribution >= 0.6 is 0 Å². The number of hydrogen-bond acceptors (Lipinski definition) is 6. The van der Waals surface area contributed by atoms with Gasteiger partial charge in [0.2, 0.25) is 17.8 Å². The normalized spacial score (nSPS) is 19.3. The van der Waals surface area contributed by atoms with E-state index in [0.29, 0.717) is 24.6 Å². The SMILES string of the molecule is CCNc1nccc(NC2CCC(=O)NC2=O)n1. The van der Waals surface area contributed by atoms with E-state index in [-0.39, 0.29) is 11.8 Å². The maximum Gasteiger partial charge on any atom is 0.249 e. The second kappa shape index (κ2) is 5.44. The van der Waals surface area contributed by atoms with Crippen molar-refractivity contribution < 1.29 is 9.59 Å². The molecule has 0 bridgehead atoms. The molecule has 0 saturated carbocycles. The fraction of sp³-hybridized carbons (Fsp3) is 0.455. The van der Waals surface area contributed by atoms with Gasteiger partial charge in [0.25, 0.3) is 0 Å². The van der Waals surface area contributed by atoms with Crippen LogP contribution < -0.4 is 16.0 Å². The van der Waals surface area contributed by atoms with Gasteiger partial charge >= 0.3 is 0 Å². The van der Waals surface area contributed by atoms with Crippen molar-refractivity contribution in [2.45, 2.75) is 25.8 Å². The maximum absolute atomic E-state index is 11.6. The summed E-state index contributed by atoms with van der Waals surface area (Å²) in [6.45, 7) is 2.67. The molecule has 0 aromatic carbocycles. The second-order valence-electron chi connectivity index (χ2n) is 3.94. The van der Waals surface area contributed by atoms with Crippen molar-refractivity contribution in [3.8, 4) is 0 Å². The fourth-order valence-electron chi connectivity index (χ4n) is 1.69. The van der Waals surface area contributed by atoms with Gasteiger partial charge in [-0.25, -0.2) is 4.98 Å². The van der Waals surface area contributed by atoms with Crippen molar-refractivity contribution in [2.75, 3.05) is 17.2 Å². The molecule has 2 heterocycles. The van der Waals surface area contributed by atoms with E-state index in [0.717, 1.165) is 6.54 Å². The van der Waals surface area contributed by atoms with E-state index in [2.05, 4.69) is 25.9 Å². The molecule has 18 heavy (non-hydrogen) atoms. The molecule has 3 N–H and O–H groups in total. The zero-order chi connectivity index (χ0) is 13.0. The second-order valence-corrected chi connectivity index (χ2v) is 3.94. The van der Waals surface area contributed by atoms with Gasteiger partial charge in [-0.15, -0.1) is 0 Å². The minimum Gasteiger partial charge on any atom is -0.358 e. The fourth-order valence-corrected chi connectivity index (χ4v) is 1.69. The molecule has 1 aromatic rings. The number of nitrogens with zero attached hydrogens (tertiary/aromatic N) is 2. The van der Waals surface area contributed by atoms with E-state index >= 15 is 0 Å². The van der Waals surface area contributed by atoms with Crippen molar-refractivity contribution in [3.05, 3.63) is 12.3 Å². The first kappa shape index (κ1) is 12.3. The van der Waals surface area contributed by atoms with Crippen LogP contribution in [0.25, 0.3) is 0 Å². The number of amides is 2. The van der Waals surface area contributed by atoms with E-state index < -0.39 is 6.04 Å². The van der Waals surface area contributed by atoms with Gasteiger partial charge in [-0.1, -0.05) is 0 Å². The Morgan fingerprint density at radius 3 is 3.06 bits per heavy atom. The molecule has 2 rings (SSSR count). The summed E-state index contributed by atoms with van der Waals surface area (Å²) < 4.78 is 0. The van der Waals surface area contributed by atoms with Crippen LogP contribution in [0.3, 0.4) is 0 Å². The lowest BCUT2D eigenvalue weighted by Gasteiger charge is -2.22. The first-order valence-corrected chi connectivity index (χ1v) is 5.86. The molecule has 1 atom stereocenters. The molecule has 1 unspecified atom stereocenters. The van der Waals surface area contributed by atoms with Gasteiger partial charge in [0.15, 0.2) is 0 Å². The highest BCUT2D eigenvalue weighted by Crippen LogP contribution is 2.12. The van der Waals surface area contributed by atoms with Crippen LogP contribution in [-0.4, -0.2) is 34.4 Å². The predicted molar refractivity (Wildman–Crippen MR) is 66.0 cm³/mol. The molecule has 7 heteroatoms. The van der Waals surface area contributed by atoms with Crippen molar-refractivity contribution in [1.82, 2.24) is 15.3 Å². The topological polar surface area (TPSA) is 96.0 Å². The summed E-state index contributed by atoms with van der Waals surface area (Å²) >= 11 is 0. The van der Waals surface area contributed by atoms with E-state index in [1.165, 1.54) is 0 Å². The molecule has 7 nitrogen and oxygen atoms in total. The number of nitrogens with one attached hydrogen (secondary N) is 3. The molecule has 0 aliphatic carbocycles. The first-order chi connectivity index (χ1) is 8.69. The highest BCUT2D eigenvalue weighted by atomic mass is 16.2. The number of carbonyl (C=O) groups excluding carboxylic acids is 2. The summed E-state index contributed by atoms with van der Waals surface area (Å²) in [7, 11) is 0. The van der Waals surface area contributed by atoms with Crippen LogP contribution in [0.1, 0.15) is 19.8 Å². The zero-order valence-corrected chi connectivity index (χ0v) is 10.1. The lowest BCUT2D eigenvalue weighted by Crippen LogP contribution is -2.47. The third kappa shape index (κ3) is 2.93. The number of rotatable bonds is 4. The van der Waals surface area contributed by atoms with Gasteiger partial charge in [-0.05, 0) is 19.4 Å². The Morgan fingerprint density at radius 1 is 1.50 bits per heavy atom. The summed E-state index contributed by atoms with van der Waals surface area (Å²) in [5.41, 5.74) is 0. The van der Waals surface area contributed by atoms with E-state index in [1.54, 1.807) is 12.3 Å². The summed E-state index contributed by atoms with van der Waals surface area (Å²) in [6, 6.07) is 1.26. The van der Waals surface area contributed by atoms with Crippen molar-refractivity contribution in [2.24, 2.45) is 0 Å². The Hall–Kier alpha value is -2.18. The molecule has 1 aliphatic heterocycles. The molecule has 96 valence electrons. The molecular formula is C11H15N5O2. The largest absolute Gasteiger partial charge is 0.358 e. The third-order valence-electron chi connectivity index (χ3n) is 2.55. The molecule has 1 saturated heterocycles. The van der Waals surface area contributed by atoms with Crippen LogP contribution in [0.4, 0.5) is 11.8 Å². The number of anilines is 2. The summed E-state index contributed by atoms with van der Waals surface area (Å²) in [5, 5.41) is 8.27. The average Bonchev–Trinajstić information content (AvgIpc) is 2.34. The molecule has 0 radical (unpaired) electrons. The van der Waals surface area contributed by atoms with Crippen LogP contribution in [-0.2, 0) is 9.59 Å². The van der Waals surface area contributed by atoms with Crippen LogP contribution in [0.5, 0.6) is 0 Å². The van der Waals surface area contributed by atoms with Gasteiger partial charge in [0.1, 0.15) is 11.9 Å². The number of piperidine rings is 1. The third-order valence-corrected chi connectivity index (χ3v) is 2.55. The van der Waals surface area contributed by atoms with Crippen molar-refractivity contribution >= 4 is 23.6 Å². The summed E-state index contributed by atoms with van der Waals surface area (Å²) in [5.74, 6) is 0.536. The van der Waals surface area contributed by atoms with Gasteiger partial charge in [-0.2, -0.15) is 4.98 Å². The molecule has 1 fully saturated rings. The Labute approximate surface area is 104 Å². The number of hydrogen-bond donors (Lipinski definition) is 3. The molecule has 1 aromatic heterocycles. The summed E-state index contributed by atoms with van der Waals surface area (Å²) in [6.07, 6.45) is 2.43. The summed E-state index contributed by atoms with van der Waals surface area (Å²) in [4.78, 5) is 30.8. The molecule has 1 aliphatic rings. The van der Waals surface area contributed by atoms with E-state index in [4.69, 9.17) is 0 Å². The zero-order valence-electron chi connectivity index (χ0n) is 10.1. The van der Waals surface area contributed by atoms with E-state index in [1.807, 2.05) is 6.92 Å². The van der Waals surface area contributed by atoms with Crippen LogP contribution in [0, 0.1) is 0 Å². The Balaban J connectivity index is 2.02. The number of carbonyl (C=O) groups is 2. The molecule has 0 spiro atoms. The standard InChI is InChI=1S/C11H15N5O2/c1-2-12-11-13-6-5-8(15-11)14-7-3-4-9(17)16-10(7)18/h5-7H,2-4H2,1H3,(H,16,17,18)(H2,12,13,14,15). The highest BCUT2D eigenvalue weighted by molar-refractivity contribution is 6.01. The van der Waals surface area contributed by atoms with Crippen molar-refractivity contribution in [3.63, 3.8) is 0 Å². The minimum atomic E-state index is -0.424. The number of aromatic nitrogens is 2. The Kier molecular flexibility index (Phi) is 3.71. The van der Waals surface area contributed by atoms with Crippen LogP contribution in [0.2, 0.25) is 0 Å². The molecule has 2 amide bonds. The first-order valence-electron chi connectivity index (χ1n) is 5.86. The van der Waals surface area contributed by atoms with Gasteiger partial charge in [0, 0.05) is 19.2 Å². The van der Waals surface area contributed by atoms with Crippen molar-refractivity contribution in [1.29, 1.82) is 0 Å².